The van der Waals surface area contributed by atoms with E-state index in [4.69, 9.17) is 0 Å². The third-order valence-electron chi connectivity index (χ3n) is 6.03. The van der Waals surface area contributed by atoms with E-state index in [0.717, 1.165) is 37.3 Å². The van der Waals surface area contributed by atoms with Gasteiger partial charge in [-0.3, -0.25) is 14.4 Å². The number of piperazine rings is 1. The van der Waals surface area contributed by atoms with Crippen molar-refractivity contribution in [2.45, 2.75) is 24.3 Å². The van der Waals surface area contributed by atoms with Gasteiger partial charge in [0.1, 0.15) is 5.82 Å². The average Bonchev–Trinajstić information content (AvgIpc) is 3.18. The molecule has 0 aliphatic carbocycles. The number of carbonyl (C=O) groups is 1. The highest BCUT2D eigenvalue weighted by Gasteiger charge is 2.35. The van der Waals surface area contributed by atoms with Crippen molar-refractivity contribution in [3.8, 4) is 0 Å². The Kier molecular flexibility index (Phi) is 7.92. The van der Waals surface area contributed by atoms with Gasteiger partial charge in [-0.2, -0.15) is 9.40 Å². The van der Waals surface area contributed by atoms with Crippen molar-refractivity contribution in [1.29, 1.82) is 0 Å². The van der Waals surface area contributed by atoms with Crippen LogP contribution in [0, 0.1) is 11.7 Å². The van der Waals surface area contributed by atoms with Crippen LogP contribution in [0.2, 0.25) is 0 Å². The Bertz CT molecular complexity index is 1020. The minimum atomic E-state index is -3.74. The van der Waals surface area contributed by atoms with Gasteiger partial charge in [-0.25, -0.2) is 12.8 Å². The van der Waals surface area contributed by atoms with Gasteiger partial charge in [0.25, 0.3) is 0 Å². The van der Waals surface area contributed by atoms with Crippen molar-refractivity contribution in [2.75, 3.05) is 39.3 Å². The number of aryl methyl sites for hydroxylation is 1. The van der Waals surface area contributed by atoms with Gasteiger partial charge in [-0.15, -0.1) is 12.4 Å². The molecule has 2 saturated heterocycles. The minimum absolute atomic E-state index is 0. The Hall–Kier alpha value is -2.01. The second kappa shape index (κ2) is 10.3. The molecule has 0 saturated carbocycles. The van der Waals surface area contributed by atoms with E-state index in [-0.39, 0.29) is 35.7 Å². The quantitative estimate of drug-likeness (QED) is 0.644. The maximum atomic E-state index is 13.2. The van der Waals surface area contributed by atoms with Gasteiger partial charge in [0.05, 0.1) is 17.0 Å². The van der Waals surface area contributed by atoms with Crippen molar-refractivity contribution in [2.24, 2.45) is 13.0 Å². The second-order valence-electron chi connectivity index (χ2n) is 8.28. The van der Waals surface area contributed by atoms with Crippen molar-refractivity contribution in [1.82, 2.24) is 23.9 Å². The van der Waals surface area contributed by atoms with Crippen molar-refractivity contribution in [3.63, 3.8) is 0 Å². The highest BCUT2D eigenvalue weighted by molar-refractivity contribution is 7.89. The van der Waals surface area contributed by atoms with E-state index >= 15 is 0 Å². The number of halogens is 2. The van der Waals surface area contributed by atoms with Gasteiger partial charge in [0.15, 0.2) is 0 Å². The number of hydrogen-bond donors (Lipinski definition) is 0. The van der Waals surface area contributed by atoms with E-state index in [1.807, 2.05) is 24.3 Å². The Morgan fingerprint density at radius 1 is 1.12 bits per heavy atom. The van der Waals surface area contributed by atoms with Gasteiger partial charge in [0.2, 0.25) is 15.9 Å². The zero-order valence-corrected chi connectivity index (χ0v) is 19.7. The van der Waals surface area contributed by atoms with Crippen molar-refractivity contribution >= 4 is 28.3 Å². The largest absolute Gasteiger partial charge is 0.340 e. The number of carbonyl (C=O) groups excluding carboxylic acids is 1. The molecule has 0 N–H and O–H groups in total. The predicted octanol–water partition coefficient (Wildman–Crippen LogP) is 1.73. The maximum Gasteiger partial charge on any atom is 0.243 e. The smallest absolute Gasteiger partial charge is 0.243 e. The molecule has 11 heteroatoms. The topological polar surface area (TPSA) is 78.8 Å². The fourth-order valence-electron chi connectivity index (χ4n) is 4.31. The summed E-state index contributed by atoms with van der Waals surface area (Å²) >= 11 is 0. The second-order valence-corrected chi connectivity index (χ2v) is 10.2. The van der Waals surface area contributed by atoms with E-state index in [9.17, 15) is 17.6 Å². The number of piperidine rings is 1. The summed E-state index contributed by atoms with van der Waals surface area (Å²) in [5, 5.41) is 4.19. The molecule has 2 aromatic rings. The highest BCUT2D eigenvalue weighted by atomic mass is 35.5. The first kappa shape index (κ1) is 24.6. The first-order valence-electron chi connectivity index (χ1n) is 10.6. The lowest BCUT2D eigenvalue weighted by atomic mass is 9.97. The highest BCUT2D eigenvalue weighted by Crippen LogP contribution is 2.25. The molecule has 8 nitrogen and oxygen atoms in total. The summed E-state index contributed by atoms with van der Waals surface area (Å²) in [5.74, 6) is -0.790. The summed E-state index contributed by atoms with van der Waals surface area (Å²) in [7, 11) is -1.84. The molecule has 3 heterocycles. The Labute approximate surface area is 194 Å². The van der Waals surface area contributed by atoms with E-state index in [2.05, 4.69) is 10.00 Å². The molecule has 0 spiro atoms. The number of rotatable bonds is 5. The average molecular weight is 486 g/mol. The first-order chi connectivity index (χ1) is 14.8. The van der Waals surface area contributed by atoms with Gasteiger partial charge in [-0.05, 0) is 37.1 Å². The van der Waals surface area contributed by atoms with E-state index in [1.165, 1.54) is 16.4 Å². The lowest BCUT2D eigenvalue weighted by Crippen LogP contribution is -2.52. The van der Waals surface area contributed by atoms with Gasteiger partial charge < -0.3 is 4.90 Å². The lowest BCUT2D eigenvalue weighted by Gasteiger charge is -2.38. The Morgan fingerprint density at radius 2 is 1.81 bits per heavy atom. The van der Waals surface area contributed by atoms with Crippen LogP contribution in [-0.2, 0) is 28.4 Å². The molecule has 4 rings (SSSR count). The Balaban J connectivity index is 0.00000289. The van der Waals surface area contributed by atoms with E-state index < -0.39 is 15.8 Å². The number of sulfonamides is 1. The number of nitrogens with zero attached hydrogens (tertiary/aromatic N) is 5. The summed E-state index contributed by atoms with van der Waals surface area (Å²) in [4.78, 5) is 17.3. The normalized spacial score (nSPS) is 20.7. The molecule has 1 atom stereocenters. The van der Waals surface area contributed by atoms with Gasteiger partial charge >= 0.3 is 0 Å². The molecule has 2 aliphatic rings. The van der Waals surface area contributed by atoms with Crippen LogP contribution in [0.15, 0.2) is 41.6 Å². The summed E-state index contributed by atoms with van der Waals surface area (Å²) in [6.07, 6.45) is 5.17. The molecule has 0 bridgehead atoms. The fourth-order valence-corrected chi connectivity index (χ4v) is 5.84. The third kappa shape index (κ3) is 5.48. The van der Waals surface area contributed by atoms with Crippen LogP contribution in [0.1, 0.15) is 18.4 Å². The molecule has 176 valence electrons. The molecule has 1 amide bonds. The molecule has 1 aromatic carbocycles. The molecule has 1 unspecified atom stereocenters. The summed E-state index contributed by atoms with van der Waals surface area (Å²) < 4.78 is 42.2. The SMILES string of the molecule is Cl.Cn1cc(CN2CCN(C(=O)C3CCCN(S(=O)(=O)c4ccc(F)cc4)C3)CC2)cn1. The Morgan fingerprint density at radius 3 is 2.44 bits per heavy atom. The number of hydrogen-bond acceptors (Lipinski definition) is 5. The molecule has 2 aliphatic heterocycles. The van der Waals surface area contributed by atoms with Crippen LogP contribution < -0.4 is 0 Å². The van der Waals surface area contributed by atoms with E-state index in [1.54, 1.807) is 4.68 Å². The molecular weight excluding hydrogens is 457 g/mol. The van der Waals surface area contributed by atoms with Crippen LogP contribution in [0.4, 0.5) is 4.39 Å². The van der Waals surface area contributed by atoms with Gasteiger partial charge in [-0.1, -0.05) is 0 Å². The van der Waals surface area contributed by atoms with Crippen LogP contribution >= 0.6 is 12.4 Å². The molecule has 2 fully saturated rings. The lowest BCUT2D eigenvalue weighted by molar-refractivity contribution is -0.138. The number of benzene rings is 1. The van der Waals surface area contributed by atoms with Crippen LogP contribution in [0.25, 0.3) is 0 Å². The minimum Gasteiger partial charge on any atom is -0.340 e. The molecular formula is C21H29ClFN5O3S. The fraction of sp³-hybridized carbons (Fsp3) is 0.524. The van der Waals surface area contributed by atoms with Gasteiger partial charge in [0, 0.05) is 64.6 Å². The molecule has 1 aromatic heterocycles. The predicted molar refractivity (Wildman–Crippen MR) is 120 cm³/mol. The molecule has 32 heavy (non-hydrogen) atoms. The number of aromatic nitrogens is 2. The van der Waals surface area contributed by atoms with Crippen molar-refractivity contribution < 1.29 is 17.6 Å². The molecule has 0 radical (unpaired) electrons. The monoisotopic (exact) mass is 485 g/mol. The first-order valence-corrected chi connectivity index (χ1v) is 12.0. The van der Waals surface area contributed by atoms with Crippen molar-refractivity contribution in [3.05, 3.63) is 48.0 Å². The summed E-state index contributed by atoms with van der Waals surface area (Å²) in [5.41, 5.74) is 1.15. The zero-order valence-electron chi connectivity index (χ0n) is 18.1. The third-order valence-corrected chi connectivity index (χ3v) is 7.91. The zero-order chi connectivity index (χ0) is 22.0. The van der Waals surface area contributed by atoms with Crippen LogP contribution in [-0.4, -0.2) is 77.5 Å². The number of amides is 1. The van der Waals surface area contributed by atoms with E-state index in [0.29, 0.717) is 32.5 Å². The summed E-state index contributed by atoms with van der Waals surface area (Å²) in [6.45, 7) is 4.20. The summed E-state index contributed by atoms with van der Waals surface area (Å²) in [6, 6.07) is 4.84. The van der Waals surface area contributed by atoms with Crippen LogP contribution in [0.5, 0.6) is 0 Å². The maximum absolute atomic E-state index is 13.2. The van der Waals surface area contributed by atoms with Crippen LogP contribution in [0.3, 0.4) is 0 Å². The standard InChI is InChI=1S/C21H28FN5O3S.ClH/c1-24-14-17(13-23-24)15-25-9-11-26(12-10-25)21(28)18-3-2-8-27(16-18)31(29,30)20-6-4-19(22)5-7-20;/h4-7,13-14,18H,2-3,8-12,15-16H2,1H3;1H.